The first-order valence-electron chi connectivity index (χ1n) is 6.27. The highest BCUT2D eigenvalue weighted by atomic mass is 16.5. The Morgan fingerprint density at radius 3 is 2.67 bits per heavy atom. The standard InChI is InChI=1S/C14H19NO3/c1-11-5-3-4-6-13(11)18-12(2)14(16)15-7-9-17-10-8-15/h3-6,12H,7-10H2,1-2H3/t12-/m0/s1. The first-order chi connectivity index (χ1) is 8.68. The van der Waals surface area contributed by atoms with Gasteiger partial charge in [-0.25, -0.2) is 0 Å². The lowest BCUT2D eigenvalue weighted by molar-refractivity contribution is -0.142. The number of benzene rings is 1. The topological polar surface area (TPSA) is 38.8 Å². The quantitative estimate of drug-likeness (QED) is 0.817. The van der Waals surface area contributed by atoms with Crippen molar-refractivity contribution >= 4 is 5.91 Å². The van der Waals surface area contributed by atoms with Crippen LogP contribution in [0.15, 0.2) is 24.3 Å². The third-order valence-corrected chi connectivity index (χ3v) is 3.07. The number of morpholine rings is 1. The Morgan fingerprint density at radius 2 is 2.00 bits per heavy atom. The van der Waals surface area contributed by atoms with E-state index in [4.69, 9.17) is 9.47 Å². The van der Waals surface area contributed by atoms with Gasteiger partial charge in [-0.3, -0.25) is 4.79 Å². The van der Waals surface area contributed by atoms with Crippen LogP contribution in [-0.4, -0.2) is 43.2 Å². The number of aryl methyl sites for hydroxylation is 1. The molecule has 1 heterocycles. The van der Waals surface area contributed by atoms with E-state index in [1.165, 1.54) is 0 Å². The molecule has 4 heteroatoms. The van der Waals surface area contributed by atoms with Crippen LogP contribution in [0.5, 0.6) is 5.75 Å². The number of carbonyl (C=O) groups excluding carboxylic acids is 1. The van der Waals surface area contributed by atoms with Gasteiger partial charge in [-0.15, -0.1) is 0 Å². The average molecular weight is 249 g/mol. The maximum Gasteiger partial charge on any atom is 0.263 e. The van der Waals surface area contributed by atoms with Crippen LogP contribution in [0.1, 0.15) is 12.5 Å². The maximum absolute atomic E-state index is 12.2. The van der Waals surface area contributed by atoms with Crippen LogP contribution in [0.25, 0.3) is 0 Å². The van der Waals surface area contributed by atoms with Crippen molar-refractivity contribution in [2.75, 3.05) is 26.3 Å². The lowest BCUT2D eigenvalue weighted by atomic mass is 10.2. The average Bonchev–Trinajstić information content (AvgIpc) is 2.41. The Labute approximate surface area is 107 Å². The molecule has 1 aliphatic heterocycles. The molecule has 0 aliphatic carbocycles. The van der Waals surface area contributed by atoms with Crippen LogP contribution < -0.4 is 4.74 Å². The van der Waals surface area contributed by atoms with E-state index < -0.39 is 6.10 Å². The molecule has 0 saturated carbocycles. The molecule has 0 unspecified atom stereocenters. The summed E-state index contributed by atoms with van der Waals surface area (Å²) in [6.07, 6.45) is -0.454. The molecule has 0 bridgehead atoms. The van der Waals surface area contributed by atoms with E-state index in [0.29, 0.717) is 26.3 Å². The molecule has 1 saturated heterocycles. The normalized spacial score (nSPS) is 17.3. The zero-order valence-electron chi connectivity index (χ0n) is 10.9. The van der Waals surface area contributed by atoms with Crippen LogP contribution in [0, 0.1) is 6.92 Å². The first kappa shape index (κ1) is 12.9. The number of amides is 1. The third-order valence-electron chi connectivity index (χ3n) is 3.07. The van der Waals surface area contributed by atoms with E-state index in [-0.39, 0.29) is 5.91 Å². The van der Waals surface area contributed by atoms with Gasteiger partial charge in [0.1, 0.15) is 5.75 Å². The number of rotatable bonds is 3. The largest absolute Gasteiger partial charge is 0.481 e. The second-order valence-electron chi connectivity index (χ2n) is 4.46. The zero-order chi connectivity index (χ0) is 13.0. The molecule has 0 spiro atoms. The Kier molecular flexibility index (Phi) is 4.20. The van der Waals surface area contributed by atoms with Gasteiger partial charge in [0.05, 0.1) is 13.2 Å². The summed E-state index contributed by atoms with van der Waals surface area (Å²) >= 11 is 0. The van der Waals surface area contributed by atoms with Crippen molar-refractivity contribution < 1.29 is 14.3 Å². The monoisotopic (exact) mass is 249 g/mol. The van der Waals surface area contributed by atoms with E-state index in [0.717, 1.165) is 11.3 Å². The number of hydrogen-bond acceptors (Lipinski definition) is 3. The van der Waals surface area contributed by atoms with E-state index in [1.807, 2.05) is 31.2 Å². The highest BCUT2D eigenvalue weighted by Gasteiger charge is 2.23. The number of nitrogens with zero attached hydrogens (tertiary/aromatic N) is 1. The van der Waals surface area contributed by atoms with Gasteiger partial charge in [-0.05, 0) is 25.5 Å². The molecule has 18 heavy (non-hydrogen) atoms. The van der Waals surface area contributed by atoms with Crippen molar-refractivity contribution in [3.05, 3.63) is 29.8 Å². The van der Waals surface area contributed by atoms with Gasteiger partial charge in [0, 0.05) is 13.1 Å². The van der Waals surface area contributed by atoms with Crippen LogP contribution >= 0.6 is 0 Å². The maximum atomic E-state index is 12.2. The Hall–Kier alpha value is -1.55. The van der Waals surface area contributed by atoms with Gasteiger partial charge in [0.2, 0.25) is 0 Å². The molecule has 4 nitrogen and oxygen atoms in total. The van der Waals surface area contributed by atoms with Crippen LogP contribution in [0.2, 0.25) is 0 Å². The van der Waals surface area contributed by atoms with Crippen LogP contribution in [0.3, 0.4) is 0 Å². The van der Waals surface area contributed by atoms with Crippen molar-refractivity contribution in [1.82, 2.24) is 4.90 Å². The summed E-state index contributed by atoms with van der Waals surface area (Å²) in [6.45, 7) is 6.30. The van der Waals surface area contributed by atoms with Gasteiger partial charge >= 0.3 is 0 Å². The van der Waals surface area contributed by atoms with Crippen molar-refractivity contribution in [3.8, 4) is 5.75 Å². The second kappa shape index (κ2) is 5.87. The van der Waals surface area contributed by atoms with E-state index in [2.05, 4.69) is 0 Å². The molecule has 1 amide bonds. The summed E-state index contributed by atoms with van der Waals surface area (Å²) in [7, 11) is 0. The second-order valence-corrected chi connectivity index (χ2v) is 4.46. The summed E-state index contributed by atoms with van der Waals surface area (Å²) in [5, 5.41) is 0. The number of para-hydroxylation sites is 1. The van der Waals surface area contributed by atoms with E-state index in [1.54, 1.807) is 11.8 Å². The summed E-state index contributed by atoms with van der Waals surface area (Å²) in [5.74, 6) is 0.799. The molecule has 1 aliphatic rings. The smallest absolute Gasteiger partial charge is 0.263 e. The lowest BCUT2D eigenvalue weighted by Gasteiger charge is -2.29. The van der Waals surface area contributed by atoms with Crippen LogP contribution in [-0.2, 0) is 9.53 Å². The summed E-state index contributed by atoms with van der Waals surface area (Å²) in [6, 6.07) is 7.73. The Balaban J connectivity index is 1.96. The molecule has 98 valence electrons. The number of ether oxygens (including phenoxy) is 2. The molecule has 1 fully saturated rings. The lowest BCUT2D eigenvalue weighted by Crippen LogP contribution is -2.46. The van der Waals surface area contributed by atoms with Gasteiger partial charge in [0.15, 0.2) is 6.10 Å². The molecular weight excluding hydrogens is 230 g/mol. The molecule has 2 rings (SSSR count). The first-order valence-corrected chi connectivity index (χ1v) is 6.27. The van der Waals surface area contributed by atoms with Crippen molar-refractivity contribution in [1.29, 1.82) is 0 Å². The summed E-state index contributed by atoms with van der Waals surface area (Å²) in [5.41, 5.74) is 1.04. The zero-order valence-corrected chi connectivity index (χ0v) is 10.9. The van der Waals surface area contributed by atoms with Crippen LogP contribution in [0.4, 0.5) is 0 Å². The third kappa shape index (κ3) is 3.01. The predicted molar refractivity (Wildman–Crippen MR) is 68.7 cm³/mol. The van der Waals surface area contributed by atoms with E-state index >= 15 is 0 Å². The van der Waals surface area contributed by atoms with Gasteiger partial charge in [0.25, 0.3) is 5.91 Å². The molecule has 0 aromatic heterocycles. The minimum absolute atomic E-state index is 0.0292. The molecule has 1 atom stereocenters. The molecular formula is C14H19NO3. The highest BCUT2D eigenvalue weighted by molar-refractivity contribution is 5.81. The van der Waals surface area contributed by atoms with Gasteiger partial charge in [-0.1, -0.05) is 18.2 Å². The van der Waals surface area contributed by atoms with Gasteiger partial charge in [-0.2, -0.15) is 0 Å². The molecule has 1 aromatic rings. The summed E-state index contributed by atoms with van der Waals surface area (Å²) < 4.78 is 11.0. The fourth-order valence-corrected chi connectivity index (χ4v) is 1.97. The fraction of sp³-hybridized carbons (Fsp3) is 0.500. The van der Waals surface area contributed by atoms with Crippen molar-refractivity contribution in [3.63, 3.8) is 0 Å². The fourth-order valence-electron chi connectivity index (χ4n) is 1.97. The van der Waals surface area contributed by atoms with Crippen molar-refractivity contribution in [2.24, 2.45) is 0 Å². The molecule has 0 N–H and O–H groups in total. The van der Waals surface area contributed by atoms with E-state index in [9.17, 15) is 4.79 Å². The predicted octanol–water partition coefficient (Wildman–Crippen LogP) is 1.62. The summed E-state index contributed by atoms with van der Waals surface area (Å²) in [4.78, 5) is 14.0. The SMILES string of the molecule is Cc1ccccc1O[C@@H](C)C(=O)N1CCOCC1. The number of hydrogen-bond donors (Lipinski definition) is 0. The Bertz CT molecular complexity index is 413. The highest BCUT2D eigenvalue weighted by Crippen LogP contribution is 2.18. The van der Waals surface area contributed by atoms with Gasteiger partial charge < -0.3 is 14.4 Å². The molecule has 0 radical (unpaired) electrons. The minimum Gasteiger partial charge on any atom is -0.481 e. The van der Waals surface area contributed by atoms with Crippen molar-refractivity contribution in [2.45, 2.75) is 20.0 Å². The Morgan fingerprint density at radius 1 is 1.33 bits per heavy atom. The minimum atomic E-state index is -0.454. The number of carbonyl (C=O) groups is 1. The molecule has 1 aromatic carbocycles.